The number of nitrogens with two attached hydrogens (primary N) is 1. The van der Waals surface area contributed by atoms with Crippen LogP contribution >= 0.6 is 0 Å². The number of nitrogens with one attached hydrogen (secondary N) is 1. The summed E-state index contributed by atoms with van der Waals surface area (Å²) in [5.41, 5.74) is 0.512. The Morgan fingerprint density at radius 2 is 2.00 bits per heavy atom. The molecule has 3 aromatic rings. The van der Waals surface area contributed by atoms with Gasteiger partial charge in [-0.25, -0.2) is 46.9 Å². The second kappa shape index (κ2) is 8.46. The Kier molecular flexibility index (Phi) is 5.96. The lowest BCUT2D eigenvalue weighted by Gasteiger charge is -2.43. The first-order chi connectivity index (χ1) is 15.5. The summed E-state index contributed by atoms with van der Waals surface area (Å²) in [4.78, 5) is 14.0. The van der Waals surface area contributed by atoms with Crippen LogP contribution in [0.3, 0.4) is 0 Å². The van der Waals surface area contributed by atoms with Crippen molar-refractivity contribution in [2.45, 2.75) is 19.3 Å². The first-order valence-electron chi connectivity index (χ1n) is 9.81. The normalized spacial score (nSPS) is 21.1. The highest BCUT2D eigenvalue weighted by atomic mass is 32.2. The number of piperidine rings is 1. The topological polar surface area (TPSA) is 131 Å². The Labute approximate surface area is 186 Å². The molecule has 3 N–H and O–H groups in total. The first-order valence-corrected chi connectivity index (χ1v) is 11.4. The highest BCUT2D eigenvalue weighted by Gasteiger charge is 2.49. The third-order valence-electron chi connectivity index (χ3n) is 5.51. The van der Waals surface area contributed by atoms with Crippen molar-refractivity contribution in [2.75, 3.05) is 24.5 Å². The van der Waals surface area contributed by atoms with Gasteiger partial charge in [0, 0.05) is 31.6 Å². The Morgan fingerprint density at radius 3 is 2.70 bits per heavy atom. The van der Waals surface area contributed by atoms with Crippen LogP contribution in [0.25, 0.3) is 17.0 Å². The molecule has 10 nitrogen and oxygen atoms in total. The van der Waals surface area contributed by atoms with E-state index >= 15 is 0 Å². The van der Waals surface area contributed by atoms with Crippen LogP contribution in [-0.2, 0) is 10.2 Å². The molecule has 1 fully saturated rings. The van der Waals surface area contributed by atoms with Gasteiger partial charge in [0.05, 0.1) is 17.8 Å². The van der Waals surface area contributed by atoms with Gasteiger partial charge in [-0.3, -0.25) is 0 Å². The van der Waals surface area contributed by atoms with Crippen LogP contribution in [-0.4, -0.2) is 58.5 Å². The molecule has 4 rings (SSSR count). The van der Waals surface area contributed by atoms with E-state index in [-0.39, 0.29) is 13.1 Å². The van der Waals surface area contributed by atoms with E-state index < -0.39 is 46.6 Å². The van der Waals surface area contributed by atoms with Crippen LogP contribution in [0.1, 0.15) is 19.0 Å². The van der Waals surface area contributed by atoms with Gasteiger partial charge in [-0.05, 0) is 12.1 Å². The van der Waals surface area contributed by atoms with Crippen LogP contribution in [0.15, 0.2) is 30.7 Å². The number of rotatable bonds is 6. The molecule has 0 unspecified atom stereocenters. The number of hydrogen-bond acceptors (Lipinski definition) is 7. The number of imidazole rings is 1. The Morgan fingerprint density at radius 1 is 1.24 bits per heavy atom. The third kappa shape index (κ3) is 4.74. The summed E-state index contributed by atoms with van der Waals surface area (Å²) in [6.07, 6.45) is -0.143. The molecule has 1 aliphatic heterocycles. The van der Waals surface area contributed by atoms with E-state index in [1.54, 1.807) is 4.90 Å². The van der Waals surface area contributed by atoms with E-state index in [0.717, 1.165) is 0 Å². The first kappa shape index (κ1) is 23.3. The van der Waals surface area contributed by atoms with E-state index in [1.807, 2.05) is 4.72 Å². The van der Waals surface area contributed by atoms with E-state index in [2.05, 4.69) is 20.1 Å². The molecule has 0 spiro atoms. The zero-order valence-corrected chi connectivity index (χ0v) is 18.1. The molecule has 0 amide bonds. The van der Waals surface area contributed by atoms with Crippen molar-refractivity contribution in [2.24, 2.45) is 17.0 Å². The lowest BCUT2D eigenvalue weighted by molar-refractivity contribution is -0.108. The summed E-state index contributed by atoms with van der Waals surface area (Å²) < 4.78 is 81.1. The van der Waals surface area contributed by atoms with Gasteiger partial charge < -0.3 is 4.90 Å². The minimum absolute atomic E-state index is 0.0454. The predicted molar refractivity (Wildman–Crippen MR) is 110 cm³/mol. The fourth-order valence-electron chi connectivity index (χ4n) is 3.76. The number of aromatic nitrogens is 5. The van der Waals surface area contributed by atoms with Gasteiger partial charge in [-0.1, -0.05) is 6.92 Å². The summed E-state index contributed by atoms with van der Waals surface area (Å²) in [7, 11) is -4.14. The molecule has 4 heterocycles. The fourth-order valence-corrected chi connectivity index (χ4v) is 4.19. The minimum atomic E-state index is -4.14. The summed E-state index contributed by atoms with van der Waals surface area (Å²) in [6, 6.07) is 4.09. The average molecular weight is 488 g/mol. The van der Waals surface area contributed by atoms with Crippen LogP contribution in [0.2, 0.25) is 0 Å². The molecule has 0 bridgehead atoms. The number of hydrogen-bond donors (Lipinski definition) is 2. The van der Waals surface area contributed by atoms with Gasteiger partial charge in [0.25, 0.3) is 22.6 Å². The second-order valence-corrected chi connectivity index (χ2v) is 9.18. The van der Waals surface area contributed by atoms with E-state index in [0.29, 0.717) is 22.9 Å². The Bertz CT molecular complexity index is 1270. The maximum Gasteiger partial charge on any atom is 0.282 e. The number of halogens is 4. The third-order valence-corrected chi connectivity index (χ3v) is 6.08. The van der Waals surface area contributed by atoms with E-state index in [4.69, 9.17) is 5.14 Å². The van der Waals surface area contributed by atoms with Crippen LogP contribution in [0, 0.1) is 11.8 Å². The molecule has 15 heteroatoms. The largest absolute Gasteiger partial charge is 0.355 e. The second-order valence-electron chi connectivity index (χ2n) is 7.80. The van der Waals surface area contributed by atoms with E-state index in [9.17, 15) is 26.0 Å². The predicted octanol–water partition coefficient (Wildman–Crippen LogP) is 1.62. The standard InChI is InChI=1S/C18H20F4N8O2S/c1-10-7-29(8-11(18(10,21)22)5-27-33(23,31)32)16-4-13(25-9-26-16)14-6-24-15-3-2-12(17(19)20)28-30(14)15/h2-4,6,9-11,17,27H,5,7-8H2,1H3,(H2,23,31,32)/t10-,11+/m0/s1. The maximum absolute atomic E-state index is 14.7. The average Bonchev–Trinajstić information content (AvgIpc) is 3.17. The molecule has 2 atom stereocenters. The smallest absolute Gasteiger partial charge is 0.282 e. The van der Waals surface area contributed by atoms with Gasteiger partial charge in [0.1, 0.15) is 23.5 Å². The molecule has 178 valence electrons. The maximum atomic E-state index is 14.7. The van der Waals surface area contributed by atoms with Crippen molar-refractivity contribution in [1.29, 1.82) is 0 Å². The molecule has 33 heavy (non-hydrogen) atoms. The fraction of sp³-hybridized carbons (Fsp3) is 0.444. The summed E-state index contributed by atoms with van der Waals surface area (Å²) in [5.74, 6) is -5.30. The van der Waals surface area contributed by atoms with Crippen molar-refractivity contribution in [3.05, 3.63) is 36.4 Å². The number of anilines is 1. The van der Waals surface area contributed by atoms with Crippen molar-refractivity contribution < 1.29 is 26.0 Å². The lowest BCUT2D eigenvalue weighted by Crippen LogP contribution is -2.56. The molecule has 0 aliphatic carbocycles. The summed E-state index contributed by atoms with van der Waals surface area (Å²) >= 11 is 0. The Hall–Kier alpha value is -2.91. The van der Waals surface area contributed by atoms with Crippen LogP contribution in [0.4, 0.5) is 23.4 Å². The quantitative estimate of drug-likeness (QED) is 0.504. The van der Waals surface area contributed by atoms with Crippen molar-refractivity contribution in [3.8, 4) is 11.4 Å². The summed E-state index contributed by atoms with van der Waals surface area (Å²) in [6.45, 7) is 0.574. The van der Waals surface area contributed by atoms with Crippen LogP contribution in [0.5, 0.6) is 0 Å². The van der Waals surface area contributed by atoms with Crippen molar-refractivity contribution in [3.63, 3.8) is 0 Å². The highest BCUT2D eigenvalue weighted by molar-refractivity contribution is 7.87. The Balaban J connectivity index is 1.65. The van der Waals surface area contributed by atoms with Crippen LogP contribution < -0.4 is 14.8 Å². The molecule has 0 radical (unpaired) electrons. The van der Waals surface area contributed by atoms with Gasteiger partial charge >= 0.3 is 0 Å². The molecule has 1 aliphatic rings. The molecule has 1 saturated heterocycles. The number of alkyl halides is 4. The molecular formula is C18H20F4N8O2S. The molecular weight excluding hydrogens is 468 g/mol. The van der Waals surface area contributed by atoms with Gasteiger partial charge in [0.15, 0.2) is 5.65 Å². The lowest BCUT2D eigenvalue weighted by atomic mass is 9.86. The summed E-state index contributed by atoms with van der Waals surface area (Å²) in [5, 5.41) is 8.79. The number of fused-ring (bicyclic) bond motifs is 1. The number of nitrogens with zero attached hydrogens (tertiary/aromatic N) is 6. The van der Waals surface area contributed by atoms with E-state index in [1.165, 1.54) is 42.2 Å². The monoisotopic (exact) mass is 488 g/mol. The van der Waals surface area contributed by atoms with Gasteiger partial charge in [-0.15, -0.1) is 0 Å². The SMILES string of the molecule is C[C@H]1CN(c2cc(-c3cnc4ccc(C(F)F)nn34)ncn2)C[C@@H](CNS(N)(=O)=O)C1(F)F. The van der Waals surface area contributed by atoms with Crippen molar-refractivity contribution in [1.82, 2.24) is 29.3 Å². The zero-order valence-electron chi connectivity index (χ0n) is 17.2. The van der Waals surface area contributed by atoms with Crippen molar-refractivity contribution >= 4 is 21.7 Å². The minimum Gasteiger partial charge on any atom is -0.355 e. The molecule has 3 aromatic heterocycles. The zero-order chi connectivity index (χ0) is 24.0. The molecule has 0 saturated carbocycles. The molecule has 0 aromatic carbocycles. The van der Waals surface area contributed by atoms with Gasteiger partial charge in [0.2, 0.25) is 0 Å². The highest BCUT2D eigenvalue weighted by Crippen LogP contribution is 2.39. The van der Waals surface area contributed by atoms with Gasteiger partial charge in [-0.2, -0.15) is 13.5 Å².